The van der Waals surface area contributed by atoms with E-state index in [1.165, 1.54) is 18.2 Å². The maximum absolute atomic E-state index is 13.8. The van der Waals surface area contributed by atoms with E-state index in [0.29, 0.717) is 0 Å². The summed E-state index contributed by atoms with van der Waals surface area (Å²) in [6.07, 6.45) is 4.04. The first-order valence-electron chi connectivity index (χ1n) is 12.5. The van der Waals surface area contributed by atoms with Gasteiger partial charge in [-0.1, -0.05) is 48.0 Å². The third kappa shape index (κ3) is 3.84. The van der Waals surface area contributed by atoms with Gasteiger partial charge in [-0.2, -0.15) is 0 Å². The van der Waals surface area contributed by atoms with Gasteiger partial charge in [-0.25, -0.2) is 9.69 Å². The number of carboxylic acid groups (broad SMARTS) is 1. The van der Waals surface area contributed by atoms with Crippen molar-refractivity contribution in [3.8, 4) is 11.5 Å². The van der Waals surface area contributed by atoms with Crippen molar-refractivity contribution >= 4 is 40.6 Å². The average Bonchev–Trinajstić information content (AvgIpc) is 3.58. The van der Waals surface area contributed by atoms with Crippen LogP contribution in [0, 0.1) is 23.7 Å². The number of halogens is 1. The second-order valence-electron chi connectivity index (χ2n) is 9.76. The highest BCUT2D eigenvalue weighted by molar-refractivity contribution is 6.34. The molecule has 2 amide bonds. The molecule has 1 aliphatic heterocycles. The Morgan fingerprint density at radius 1 is 0.795 bits per heavy atom. The van der Waals surface area contributed by atoms with E-state index in [-0.39, 0.29) is 39.9 Å². The lowest BCUT2D eigenvalue weighted by Crippen LogP contribution is -2.33. The minimum absolute atomic E-state index is 0.0427. The molecule has 0 unspecified atom stereocenters. The molecule has 3 aromatic rings. The predicted molar refractivity (Wildman–Crippen MR) is 146 cm³/mol. The lowest BCUT2D eigenvalue weighted by Gasteiger charge is -2.22. The molecule has 4 atom stereocenters. The minimum atomic E-state index is -1.23. The molecule has 3 aromatic carbocycles. The largest absolute Gasteiger partial charge is 0.497 e. The van der Waals surface area contributed by atoms with Crippen molar-refractivity contribution in [2.45, 2.75) is 0 Å². The molecule has 3 aliphatic rings. The fraction of sp³-hybridized carbons (Fsp3) is 0.194. The first-order chi connectivity index (χ1) is 18.8. The van der Waals surface area contributed by atoms with E-state index in [1.807, 2.05) is 60.7 Å². The molecule has 2 aliphatic carbocycles. The molecular formula is C31H24ClNO6. The van der Waals surface area contributed by atoms with Gasteiger partial charge in [-0.15, -0.1) is 0 Å². The summed E-state index contributed by atoms with van der Waals surface area (Å²) in [4.78, 5) is 40.3. The number of nitrogens with zero attached hydrogens (tertiary/aromatic N) is 1. The summed E-state index contributed by atoms with van der Waals surface area (Å²) < 4.78 is 10.7. The number of methoxy groups -OCH3 is 2. The van der Waals surface area contributed by atoms with Crippen molar-refractivity contribution < 1.29 is 29.0 Å². The predicted octanol–water partition coefficient (Wildman–Crippen LogP) is 5.48. The Bertz CT molecular complexity index is 1490. The molecule has 196 valence electrons. The molecule has 0 aromatic heterocycles. The van der Waals surface area contributed by atoms with E-state index in [0.717, 1.165) is 38.7 Å². The van der Waals surface area contributed by atoms with Gasteiger partial charge in [0.25, 0.3) is 0 Å². The number of benzene rings is 3. The number of fused-ring (bicyclic) bond motifs is 5. The number of amides is 2. The van der Waals surface area contributed by atoms with E-state index in [9.17, 15) is 19.5 Å². The summed E-state index contributed by atoms with van der Waals surface area (Å²) in [5, 5.41) is 9.54. The number of carbonyl (C=O) groups is 3. The molecule has 2 bridgehead atoms. The monoisotopic (exact) mass is 541 g/mol. The summed E-state index contributed by atoms with van der Waals surface area (Å²) in [6, 6.07) is 19.7. The van der Waals surface area contributed by atoms with Crippen LogP contribution >= 0.6 is 11.6 Å². The zero-order chi connectivity index (χ0) is 27.4. The number of hydrogen-bond donors (Lipinski definition) is 1. The Kier molecular flexibility index (Phi) is 6.03. The molecule has 39 heavy (non-hydrogen) atoms. The Morgan fingerprint density at radius 2 is 1.28 bits per heavy atom. The number of ether oxygens (including phenoxy) is 2. The van der Waals surface area contributed by atoms with Gasteiger partial charge in [0.05, 0.1) is 42.3 Å². The lowest BCUT2D eigenvalue weighted by molar-refractivity contribution is -0.122. The zero-order valence-corrected chi connectivity index (χ0v) is 21.9. The van der Waals surface area contributed by atoms with Crippen molar-refractivity contribution in [2.75, 3.05) is 19.1 Å². The standard InChI is InChI=1S/C31H24ClNO6/c1-38-19-8-3-16(4-9-19)25(17-5-10-20(39-2)11-6-17)26-21-12-13-22(26)28-27(21)29(34)33(30(28)35)18-7-14-24(32)23(15-18)31(36)37/h3-15,21-22,27-28H,1-2H3,(H,36,37)/t21-,22-,27+,28+/m1/s1. The number of anilines is 1. The zero-order valence-electron chi connectivity index (χ0n) is 21.1. The molecule has 6 rings (SSSR count). The molecule has 1 saturated heterocycles. The topological polar surface area (TPSA) is 93.1 Å². The SMILES string of the molecule is COc1ccc(C(=C2[C@H]3C=C[C@H]2[C@@H]2C(=O)N(c4ccc(Cl)c(C(=O)O)c4)C(=O)[C@H]23)c2ccc(OC)cc2)cc1. The van der Waals surface area contributed by atoms with E-state index in [4.69, 9.17) is 21.1 Å². The van der Waals surface area contributed by atoms with Crippen molar-refractivity contribution in [3.05, 3.63) is 106 Å². The molecule has 1 saturated carbocycles. The second-order valence-corrected chi connectivity index (χ2v) is 10.2. The summed E-state index contributed by atoms with van der Waals surface area (Å²) in [5.41, 5.74) is 3.97. The second kappa shape index (κ2) is 9.43. The van der Waals surface area contributed by atoms with Crippen LogP contribution in [-0.4, -0.2) is 37.1 Å². The maximum Gasteiger partial charge on any atom is 0.337 e. The van der Waals surface area contributed by atoms with E-state index in [2.05, 4.69) is 0 Å². The van der Waals surface area contributed by atoms with E-state index >= 15 is 0 Å². The first kappa shape index (κ1) is 24.9. The molecular weight excluding hydrogens is 518 g/mol. The van der Waals surface area contributed by atoms with E-state index < -0.39 is 17.8 Å². The van der Waals surface area contributed by atoms with Gasteiger partial charge in [0.2, 0.25) is 11.8 Å². The number of allylic oxidation sites excluding steroid dienone is 3. The van der Waals surface area contributed by atoms with Gasteiger partial charge in [0.1, 0.15) is 11.5 Å². The lowest BCUT2D eigenvalue weighted by atomic mass is 9.85. The van der Waals surface area contributed by atoms with Crippen LogP contribution < -0.4 is 14.4 Å². The number of carboxylic acids is 1. The van der Waals surface area contributed by atoms with Crippen LogP contribution in [0.2, 0.25) is 5.02 Å². The molecule has 1 N–H and O–H groups in total. The summed E-state index contributed by atoms with van der Waals surface area (Å²) in [6.45, 7) is 0. The van der Waals surface area contributed by atoms with Crippen molar-refractivity contribution in [3.63, 3.8) is 0 Å². The Balaban J connectivity index is 1.46. The van der Waals surface area contributed by atoms with Crippen molar-refractivity contribution in [1.29, 1.82) is 0 Å². The minimum Gasteiger partial charge on any atom is -0.497 e. The Labute approximate surface area is 229 Å². The molecule has 1 heterocycles. The summed E-state index contributed by atoms with van der Waals surface area (Å²) in [7, 11) is 3.23. The Morgan fingerprint density at radius 3 is 1.72 bits per heavy atom. The van der Waals surface area contributed by atoms with Crippen LogP contribution in [0.4, 0.5) is 5.69 Å². The number of hydrogen-bond acceptors (Lipinski definition) is 5. The van der Waals surface area contributed by atoms with Gasteiger partial charge in [0.15, 0.2) is 0 Å². The highest BCUT2D eigenvalue weighted by Crippen LogP contribution is 2.59. The maximum atomic E-state index is 13.8. The van der Waals surface area contributed by atoms with Gasteiger partial charge >= 0.3 is 5.97 Å². The van der Waals surface area contributed by atoms with Gasteiger partial charge in [-0.3, -0.25) is 9.59 Å². The molecule has 8 heteroatoms. The Hall–Kier alpha value is -4.36. The molecule has 0 radical (unpaired) electrons. The van der Waals surface area contributed by atoms with Crippen LogP contribution in [0.15, 0.2) is 84.5 Å². The van der Waals surface area contributed by atoms with Crippen LogP contribution in [0.5, 0.6) is 11.5 Å². The van der Waals surface area contributed by atoms with Gasteiger partial charge in [0, 0.05) is 11.8 Å². The highest BCUT2D eigenvalue weighted by Gasteiger charge is 2.62. The van der Waals surface area contributed by atoms with Crippen LogP contribution in [0.3, 0.4) is 0 Å². The van der Waals surface area contributed by atoms with Gasteiger partial charge < -0.3 is 14.6 Å². The average molecular weight is 542 g/mol. The summed E-state index contributed by atoms with van der Waals surface area (Å²) >= 11 is 6.03. The number of carbonyl (C=O) groups excluding carboxylic acids is 2. The number of rotatable bonds is 6. The molecule has 0 spiro atoms. The highest BCUT2D eigenvalue weighted by atomic mass is 35.5. The van der Waals surface area contributed by atoms with Crippen LogP contribution in [0.1, 0.15) is 21.5 Å². The van der Waals surface area contributed by atoms with Crippen LogP contribution in [0.25, 0.3) is 5.57 Å². The summed E-state index contributed by atoms with van der Waals surface area (Å²) in [5.74, 6) is -2.12. The van der Waals surface area contributed by atoms with Crippen molar-refractivity contribution in [2.24, 2.45) is 23.7 Å². The fourth-order valence-electron chi connectivity index (χ4n) is 6.18. The fourth-order valence-corrected chi connectivity index (χ4v) is 6.38. The van der Waals surface area contributed by atoms with E-state index in [1.54, 1.807) is 14.2 Å². The van der Waals surface area contributed by atoms with Crippen LogP contribution in [-0.2, 0) is 9.59 Å². The quantitative estimate of drug-likeness (QED) is 0.328. The smallest absolute Gasteiger partial charge is 0.337 e. The number of aromatic carboxylic acids is 1. The first-order valence-corrected chi connectivity index (χ1v) is 12.8. The molecule has 2 fully saturated rings. The normalized spacial score (nSPS) is 22.8. The van der Waals surface area contributed by atoms with Crippen molar-refractivity contribution in [1.82, 2.24) is 0 Å². The third-order valence-corrected chi connectivity index (χ3v) is 8.23. The van der Waals surface area contributed by atoms with Gasteiger partial charge in [-0.05, 0) is 64.7 Å². The molecule has 7 nitrogen and oxygen atoms in total. The number of imide groups is 1. The third-order valence-electron chi connectivity index (χ3n) is 7.90.